The number of nitrogens with two attached hydrogens (primary N) is 1. The van der Waals surface area contributed by atoms with Gasteiger partial charge in [-0.2, -0.15) is 13.2 Å². The highest BCUT2D eigenvalue weighted by molar-refractivity contribution is 5.99. The Hall–Kier alpha value is -1.72. The molecule has 0 aliphatic heterocycles. The number of rotatable bonds is 3. The molecule has 1 aliphatic rings. The molecular weight excluding hydrogens is 269 g/mol. The van der Waals surface area contributed by atoms with E-state index in [1.165, 1.54) is 17.0 Å². The minimum atomic E-state index is -4.55. The Balaban J connectivity index is 2.21. The maximum absolute atomic E-state index is 12.8. The van der Waals surface area contributed by atoms with Gasteiger partial charge in [-0.1, -0.05) is 13.0 Å². The highest BCUT2D eigenvalue weighted by Gasteiger charge is 2.36. The highest BCUT2D eigenvalue weighted by atomic mass is 19.4. The number of carbonyl (C=O) groups is 1. The Morgan fingerprint density at radius 3 is 2.55 bits per heavy atom. The number of alkyl halides is 3. The first-order chi connectivity index (χ1) is 9.21. The van der Waals surface area contributed by atoms with Crippen molar-refractivity contribution in [2.24, 2.45) is 11.8 Å². The Labute approximate surface area is 115 Å². The van der Waals surface area contributed by atoms with Crippen LogP contribution >= 0.6 is 0 Å². The molecule has 2 rings (SSSR count). The van der Waals surface area contributed by atoms with E-state index in [-0.39, 0.29) is 5.56 Å². The van der Waals surface area contributed by atoms with Crippen LogP contribution in [0.3, 0.4) is 0 Å². The second kappa shape index (κ2) is 5.00. The maximum Gasteiger partial charge on any atom is 0.418 e. The molecule has 0 spiro atoms. The predicted molar refractivity (Wildman–Crippen MR) is 70.1 cm³/mol. The Kier molecular flexibility index (Phi) is 3.67. The second-order valence-electron chi connectivity index (χ2n) is 5.42. The van der Waals surface area contributed by atoms with E-state index < -0.39 is 23.3 Å². The molecule has 1 aliphatic carbocycles. The number of hydrogen-bond acceptors (Lipinski definition) is 2. The molecule has 2 atom stereocenters. The number of para-hydroxylation sites is 1. The van der Waals surface area contributed by atoms with Crippen molar-refractivity contribution in [2.75, 3.05) is 19.3 Å². The molecule has 6 heteroatoms. The van der Waals surface area contributed by atoms with Crippen LogP contribution in [0.15, 0.2) is 18.2 Å². The lowest BCUT2D eigenvalue weighted by molar-refractivity contribution is -0.136. The van der Waals surface area contributed by atoms with E-state index in [4.69, 9.17) is 5.73 Å². The zero-order valence-corrected chi connectivity index (χ0v) is 11.4. The predicted octanol–water partition coefficient (Wildman–Crippen LogP) is 3.02. The molecule has 1 aromatic rings. The van der Waals surface area contributed by atoms with Crippen molar-refractivity contribution in [3.05, 3.63) is 29.3 Å². The number of nitrogens with zero attached hydrogens (tertiary/aromatic N) is 1. The normalized spacial score (nSPS) is 21.6. The van der Waals surface area contributed by atoms with Crippen LogP contribution in [0.25, 0.3) is 0 Å². The number of hydrogen-bond donors (Lipinski definition) is 1. The van der Waals surface area contributed by atoms with Gasteiger partial charge in [0.25, 0.3) is 5.91 Å². The minimum Gasteiger partial charge on any atom is -0.398 e. The van der Waals surface area contributed by atoms with Gasteiger partial charge in [0, 0.05) is 13.6 Å². The molecule has 20 heavy (non-hydrogen) atoms. The summed E-state index contributed by atoms with van der Waals surface area (Å²) in [5, 5.41) is 0. The number of anilines is 1. The zero-order chi connectivity index (χ0) is 15.1. The summed E-state index contributed by atoms with van der Waals surface area (Å²) in [5.41, 5.74) is 3.97. The largest absolute Gasteiger partial charge is 0.418 e. The van der Waals surface area contributed by atoms with Crippen LogP contribution in [0.5, 0.6) is 0 Å². The minimum absolute atomic E-state index is 0.0874. The SMILES string of the molecule is CC1CC1CN(C)C(=O)c1cccc(C(F)(F)F)c1N. The first-order valence-electron chi connectivity index (χ1n) is 6.43. The van der Waals surface area contributed by atoms with Gasteiger partial charge in [0.1, 0.15) is 0 Å². The molecule has 0 radical (unpaired) electrons. The molecule has 1 fully saturated rings. The number of carbonyl (C=O) groups excluding carboxylic acids is 1. The van der Waals surface area contributed by atoms with E-state index in [0.717, 1.165) is 12.5 Å². The molecule has 1 amide bonds. The van der Waals surface area contributed by atoms with Crippen LogP contribution in [-0.2, 0) is 6.18 Å². The molecule has 0 aromatic heterocycles. The van der Waals surface area contributed by atoms with Crippen LogP contribution in [0.1, 0.15) is 29.3 Å². The van der Waals surface area contributed by atoms with Gasteiger partial charge in [-0.15, -0.1) is 0 Å². The molecule has 0 bridgehead atoms. The Morgan fingerprint density at radius 2 is 2.05 bits per heavy atom. The zero-order valence-electron chi connectivity index (χ0n) is 11.4. The van der Waals surface area contributed by atoms with Gasteiger partial charge in [-0.25, -0.2) is 0 Å². The van der Waals surface area contributed by atoms with Crippen LogP contribution in [0, 0.1) is 11.8 Å². The molecule has 0 heterocycles. The van der Waals surface area contributed by atoms with Gasteiger partial charge < -0.3 is 10.6 Å². The lowest BCUT2D eigenvalue weighted by Gasteiger charge is -2.19. The lowest BCUT2D eigenvalue weighted by Crippen LogP contribution is -2.30. The standard InChI is InChI=1S/C14H17F3N2O/c1-8-6-9(8)7-19(2)13(20)10-4-3-5-11(12(10)18)14(15,16)17/h3-5,8-9H,6-7,18H2,1-2H3. The van der Waals surface area contributed by atoms with E-state index in [0.29, 0.717) is 18.4 Å². The smallest absolute Gasteiger partial charge is 0.398 e. The fourth-order valence-corrected chi connectivity index (χ4v) is 2.29. The topological polar surface area (TPSA) is 46.3 Å². The average molecular weight is 286 g/mol. The van der Waals surface area contributed by atoms with Gasteiger partial charge in [-0.3, -0.25) is 4.79 Å². The quantitative estimate of drug-likeness (QED) is 0.868. The highest BCUT2D eigenvalue weighted by Crippen LogP contribution is 2.39. The number of amides is 1. The first-order valence-corrected chi connectivity index (χ1v) is 6.43. The van der Waals surface area contributed by atoms with Crippen molar-refractivity contribution in [3.63, 3.8) is 0 Å². The van der Waals surface area contributed by atoms with Gasteiger partial charge >= 0.3 is 6.18 Å². The molecule has 2 N–H and O–H groups in total. The third kappa shape index (κ3) is 2.89. The molecular formula is C14H17F3N2O. The molecule has 110 valence electrons. The van der Waals surface area contributed by atoms with Crippen LogP contribution in [0.4, 0.5) is 18.9 Å². The van der Waals surface area contributed by atoms with Crippen LogP contribution in [-0.4, -0.2) is 24.4 Å². The summed E-state index contributed by atoms with van der Waals surface area (Å²) in [6, 6.07) is 3.43. The van der Waals surface area contributed by atoms with Crippen molar-refractivity contribution < 1.29 is 18.0 Å². The van der Waals surface area contributed by atoms with E-state index >= 15 is 0 Å². The van der Waals surface area contributed by atoms with Crippen LogP contribution in [0.2, 0.25) is 0 Å². The van der Waals surface area contributed by atoms with Gasteiger partial charge in [0.15, 0.2) is 0 Å². The third-order valence-electron chi connectivity index (χ3n) is 3.77. The average Bonchev–Trinajstić information content (AvgIpc) is 3.02. The Bertz CT molecular complexity index is 528. The maximum atomic E-state index is 12.8. The van der Waals surface area contributed by atoms with E-state index in [9.17, 15) is 18.0 Å². The summed E-state index contributed by atoms with van der Waals surface area (Å²) < 4.78 is 38.3. The second-order valence-corrected chi connectivity index (χ2v) is 5.42. The first kappa shape index (κ1) is 14.7. The van der Waals surface area contributed by atoms with Crippen molar-refractivity contribution in [1.82, 2.24) is 4.90 Å². The van der Waals surface area contributed by atoms with Crippen molar-refractivity contribution in [1.29, 1.82) is 0 Å². The third-order valence-corrected chi connectivity index (χ3v) is 3.77. The number of benzene rings is 1. The van der Waals surface area contributed by atoms with Gasteiger partial charge in [0.2, 0.25) is 0 Å². The fourth-order valence-electron chi connectivity index (χ4n) is 2.29. The van der Waals surface area contributed by atoms with E-state index in [1.54, 1.807) is 7.05 Å². The van der Waals surface area contributed by atoms with E-state index in [1.807, 2.05) is 0 Å². The molecule has 0 saturated heterocycles. The Morgan fingerprint density at radius 1 is 1.45 bits per heavy atom. The van der Waals surface area contributed by atoms with Gasteiger partial charge in [0.05, 0.1) is 16.8 Å². The van der Waals surface area contributed by atoms with E-state index in [2.05, 4.69) is 6.92 Å². The van der Waals surface area contributed by atoms with Crippen molar-refractivity contribution in [2.45, 2.75) is 19.5 Å². The number of nitrogen functional groups attached to an aromatic ring is 1. The summed E-state index contributed by atoms with van der Waals surface area (Å²) in [6.07, 6.45) is -3.50. The summed E-state index contributed by atoms with van der Waals surface area (Å²) in [6.45, 7) is 2.64. The van der Waals surface area contributed by atoms with Crippen LogP contribution < -0.4 is 5.73 Å². The van der Waals surface area contributed by atoms with Crippen molar-refractivity contribution in [3.8, 4) is 0 Å². The summed E-state index contributed by atoms with van der Waals surface area (Å²) in [5.74, 6) is 0.549. The van der Waals surface area contributed by atoms with Crippen molar-refractivity contribution >= 4 is 11.6 Å². The fraction of sp³-hybridized carbons (Fsp3) is 0.500. The molecule has 1 aromatic carbocycles. The monoisotopic (exact) mass is 286 g/mol. The molecule has 1 saturated carbocycles. The summed E-state index contributed by atoms with van der Waals surface area (Å²) in [7, 11) is 1.59. The number of halogens is 3. The lowest BCUT2D eigenvalue weighted by atomic mass is 10.1. The summed E-state index contributed by atoms with van der Waals surface area (Å²) in [4.78, 5) is 13.6. The summed E-state index contributed by atoms with van der Waals surface area (Å²) >= 11 is 0. The molecule has 2 unspecified atom stereocenters. The molecule has 3 nitrogen and oxygen atoms in total. The van der Waals surface area contributed by atoms with Gasteiger partial charge in [-0.05, 0) is 30.4 Å².